The van der Waals surface area contributed by atoms with Crippen LogP contribution in [0.4, 0.5) is 0 Å². The molecule has 0 spiro atoms. The minimum absolute atomic E-state index is 0.115. The molecular formula is C32H38N2O7. The molecule has 1 aliphatic rings. The summed E-state index contributed by atoms with van der Waals surface area (Å²) in [7, 11) is 7.82. The summed E-state index contributed by atoms with van der Waals surface area (Å²) in [5, 5.41) is 3.13. The van der Waals surface area contributed by atoms with E-state index in [1.165, 1.54) is 0 Å². The Balaban J connectivity index is 1.73. The van der Waals surface area contributed by atoms with Gasteiger partial charge in [-0.15, -0.1) is 0 Å². The summed E-state index contributed by atoms with van der Waals surface area (Å²) < 4.78 is 27.5. The van der Waals surface area contributed by atoms with E-state index in [1.54, 1.807) is 46.5 Å². The van der Waals surface area contributed by atoms with Crippen LogP contribution in [0.15, 0.2) is 54.6 Å². The summed E-state index contributed by atoms with van der Waals surface area (Å²) in [5.74, 6) is 1.68. The molecule has 218 valence electrons. The van der Waals surface area contributed by atoms with Gasteiger partial charge in [0.1, 0.15) is 0 Å². The fourth-order valence-electron chi connectivity index (χ4n) is 5.48. The van der Waals surface area contributed by atoms with Gasteiger partial charge >= 0.3 is 0 Å². The van der Waals surface area contributed by atoms with Crippen molar-refractivity contribution >= 4 is 11.8 Å². The molecule has 1 heterocycles. The lowest BCUT2D eigenvalue weighted by Crippen LogP contribution is -2.47. The van der Waals surface area contributed by atoms with E-state index in [0.29, 0.717) is 59.4 Å². The maximum Gasteiger partial charge on any atom is 0.254 e. The summed E-state index contributed by atoms with van der Waals surface area (Å²) in [4.78, 5) is 29.6. The van der Waals surface area contributed by atoms with E-state index < -0.39 is 12.0 Å². The van der Waals surface area contributed by atoms with Crippen LogP contribution in [0.3, 0.4) is 0 Å². The fraction of sp³-hybridized carbons (Fsp3) is 0.375. The van der Waals surface area contributed by atoms with Crippen molar-refractivity contribution in [3.8, 4) is 28.7 Å². The molecule has 0 aliphatic carbocycles. The van der Waals surface area contributed by atoms with Crippen molar-refractivity contribution in [1.82, 2.24) is 10.2 Å². The first-order valence-electron chi connectivity index (χ1n) is 13.6. The van der Waals surface area contributed by atoms with E-state index in [4.69, 9.17) is 23.7 Å². The summed E-state index contributed by atoms with van der Waals surface area (Å²) in [6.45, 7) is 2.89. The topological polar surface area (TPSA) is 95.6 Å². The normalized spacial score (nSPS) is 16.0. The predicted molar refractivity (Wildman–Crippen MR) is 156 cm³/mol. The van der Waals surface area contributed by atoms with Crippen molar-refractivity contribution < 1.29 is 33.3 Å². The Hall–Kier alpha value is -4.40. The molecule has 2 atom stereocenters. The second-order valence-corrected chi connectivity index (χ2v) is 9.70. The third-order valence-electron chi connectivity index (χ3n) is 7.38. The molecule has 9 nitrogen and oxygen atoms in total. The van der Waals surface area contributed by atoms with Gasteiger partial charge in [-0.05, 0) is 59.9 Å². The molecule has 3 aromatic carbocycles. The Kier molecular flexibility index (Phi) is 9.60. The molecule has 0 saturated carbocycles. The second-order valence-electron chi connectivity index (χ2n) is 9.70. The monoisotopic (exact) mass is 562 g/mol. The minimum atomic E-state index is -0.663. The first kappa shape index (κ1) is 29.6. The molecule has 41 heavy (non-hydrogen) atoms. The van der Waals surface area contributed by atoms with Crippen LogP contribution in [0.5, 0.6) is 28.7 Å². The van der Waals surface area contributed by atoms with Gasteiger partial charge < -0.3 is 33.9 Å². The number of hydrogen-bond acceptors (Lipinski definition) is 7. The summed E-state index contributed by atoms with van der Waals surface area (Å²) in [5.41, 5.74) is 2.93. The van der Waals surface area contributed by atoms with Crippen LogP contribution in [0, 0.1) is 0 Å². The molecule has 3 aromatic rings. The highest BCUT2D eigenvalue weighted by molar-refractivity contribution is 6.01. The van der Waals surface area contributed by atoms with Crippen LogP contribution < -0.4 is 29.0 Å². The number of hydrogen-bond donors (Lipinski definition) is 1. The quantitative estimate of drug-likeness (QED) is 0.340. The largest absolute Gasteiger partial charge is 0.493 e. The van der Waals surface area contributed by atoms with E-state index in [2.05, 4.69) is 5.32 Å². The lowest BCUT2D eigenvalue weighted by molar-refractivity contribution is -0.124. The number of fused-ring (bicyclic) bond motifs is 1. The maximum atomic E-state index is 14.1. The van der Waals surface area contributed by atoms with Gasteiger partial charge in [0, 0.05) is 18.7 Å². The molecule has 0 saturated heterocycles. The van der Waals surface area contributed by atoms with Gasteiger partial charge in [0.05, 0.1) is 47.5 Å². The third kappa shape index (κ3) is 5.89. The Morgan fingerprint density at radius 2 is 1.49 bits per heavy atom. The number of carbonyl (C=O) groups excluding carboxylic acids is 2. The Morgan fingerprint density at radius 1 is 0.829 bits per heavy atom. The van der Waals surface area contributed by atoms with Gasteiger partial charge in [0.2, 0.25) is 11.7 Å². The number of nitrogens with one attached hydrogen (secondary N) is 1. The summed E-state index contributed by atoms with van der Waals surface area (Å²) >= 11 is 0. The second kappa shape index (κ2) is 13.3. The molecule has 0 unspecified atom stereocenters. The zero-order chi connectivity index (χ0) is 29.5. The van der Waals surface area contributed by atoms with E-state index in [-0.39, 0.29) is 11.8 Å². The van der Waals surface area contributed by atoms with Crippen molar-refractivity contribution in [2.24, 2.45) is 0 Å². The van der Waals surface area contributed by atoms with Gasteiger partial charge in [0.25, 0.3) is 5.91 Å². The molecule has 4 rings (SSSR count). The highest BCUT2D eigenvalue weighted by Gasteiger charge is 2.44. The van der Waals surface area contributed by atoms with Crippen LogP contribution in [-0.2, 0) is 11.2 Å². The van der Waals surface area contributed by atoms with E-state index in [0.717, 1.165) is 17.5 Å². The Morgan fingerprint density at radius 3 is 2.10 bits per heavy atom. The van der Waals surface area contributed by atoms with Gasteiger partial charge in [-0.3, -0.25) is 9.59 Å². The maximum absolute atomic E-state index is 14.1. The Bertz CT molecular complexity index is 1370. The van der Waals surface area contributed by atoms with E-state index in [9.17, 15) is 9.59 Å². The predicted octanol–water partition coefficient (Wildman–Crippen LogP) is 4.78. The van der Waals surface area contributed by atoms with Crippen LogP contribution in [0.2, 0.25) is 0 Å². The summed E-state index contributed by atoms with van der Waals surface area (Å²) in [6.07, 6.45) is 1.31. The van der Waals surface area contributed by atoms with Crippen molar-refractivity contribution in [2.75, 3.05) is 48.6 Å². The highest BCUT2D eigenvalue weighted by Crippen LogP contribution is 2.47. The third-order valence-corrected chi connectivity index (χ3v) is 7.38. The van der Waals surface area contributed by atoms with Crippen LogP contribution in [-0.4, -0.2) is 65.4 Å². The number of amides is 2. The van der Waals surface area contributed by atoms with Crippen molar-refractivity contribution in [3.63, 3.8) is 0 Å². The van der Waals surface area contributed by atoms with E-state index >= 15 is 0 Å². The zero-order valence-corrected chi connectivity index (χ0v) is 24.5. The van der Waals surface area contributed by atoms with Crippen molar-refractivity contribution in [1.29, 1.82) is 0 Å². The molecule has 2 amide bonds. The highest BCUT2D eigenvalue weighted by atomic mass is 16.5. The number of nitrogens with zero attached hydrogens (tertiary/aromatic N) is 1. The number of carbonyl (C=O) groups is 2. The molecule has 1 N–H and O–H groups in total. The molecule has 9 heteroatoms. The van der Waals surface area contributed by atoms with E-state index in [1.807, 2.05) is 55.5 Å². The molecule has 0 radical (unpaired) electrons. The molecule has 0 fully saturated rings. The summed E-state index contributed by atoms with van der Waals surface area (Å²) in [6, 6.07) is 16.1. The average Bonchev–Trinajstić information content (AvgIpc) is 3.01. The number of benzene rings is 3. The lowest BCUT2D eigenvalue weighted by atomic mass is 9.79. The fourth-order valence-corrected chi connectivity index (χ4v) is 5.48. The number of methoxy groups -OCH3 is 5. The Labute approximate surface area is 241 Å². The minimum Gasteiger partial charge on any atom is -0.493 e. The standard InChI is InChI=1S/C32H38N2O7/c1-7-16-34-29(21-18-26(39-4)30(41-6)27(19-21)40-5)28(22-10-8-9-11-23(22)32(34)36)31(35)33-15-14-20-12-13-24(37-2)25(17-20)38-3/h8-13,17-19,28-29H,7,14-16H2,1-6H3,(H,33,35)/t28-,29+/m1/s1. The van der Waals surface area contributed by atoms with Crippen LogP contribution >= 0.6 is 0 Å². The van der Waals surface area contributed by atoms with Crippen LogP contribution in [0.1, 0.15) is 52.4 Å². The first-order chi connectivity index (χ1) is 19.9. The van der Waals surface area contributed by atoms with Crippen molar-refractivity contribution in [2.45, 2.75) is 31.7 Å². The van der Waals surface area contributed by atoms with Gasteiger partial charge in [-0.1, -0.05) is 31.2 Å². The number of rotatable bonds is 12. The molecule has 1 aliphatic heterocycles. The lowest BCUT2D eigenvalue weighted by Gasteiger charge is -2.42. The zero-order valence-electron chi connectivity index (χ0n) is 24.5. The molecule has 0 bridgehead atoms. The number of ether oxygens (including phenoxy) is 5. The molecular weight excluding hydrogens is 524 g/mol. The first-order valence-corrected chi connectivity index (χ1v) is 13.6. The van der Waals surface area contributed by atoms with Gasteiger partial charge in [-0.25, -0.2) is 0 Å². The average molecular weight is 563 g/mol. The smallest absolute Gasteiger partial charge is 0.254 e. The SMILES string of the molecule is CCCN1C(=O)c2ccccc2[C@@H](C(=O)NCCc2ccc(OC)c(OC)c2)[C@@H]1c1cc(OC)c(OC)c(OC)c1. The van der Waals surface area contributed by atoms with Gasteiger partial charge in [-0.2, -0.15) is 0 Å². The molecule has 0 aromatic heterocycles. The van der Waals surface area contributed by atoms with Crippen LogP contribution in [0.25, 0.3) is 0 Å². The van der Waals surface area contributed by atoms with Gasteiger partial charge in [0.15, 0.2) is 23.0 Å². The van der Waals surface area contributed by atoms with Crippen molar-refractivity contribution in [3.05, 3.63) is 76.9 Å².